The highest BCUT2D eigenvalue weighted by molar-refractivity contribution is 9.09. The molecule has 27 heavy (non-hydrogen) atoms. The molecule has 1 heterocycles. The van der Waals surface area contributed by atoms with Crippen LogP contribution in [0.3, 0.4) is 0 Å². The van der Waals surface area contributed by atoms with E-state index in [1.165, 1.54) is 49.7 Å². The van der Waals surface area contributed by atoms with E-state index in [1.54, 1.807) is 0 Å². The highest BCUT2D eigenvalue weighted by Gasteiger charge is 2.33. The predicted octanol–water partition coefficient (Wildman–Crippen LogP) is 6.09. The molecule has 0 bridgehead atoms. The molecule has 3 rings (SSSR count). The zero-order chi connectivity index (χ0) is 19.4. The van der Waals surface area contributed by atoms with E-state index in [1.807, 2.05) is 20.8 Å². The third-order valence-electron chi connectivity index (χ3n) is 5.50. The minimum Gasteiger partial charge on any atom is -0.459 e. The zero-order valence-corrected chi connectivity index (χ0v) is 18.5. The van der Waals surface area contributed by atoms with Gasteiger partial charge in [-0.25, -0.2) is 0 Å². The van der Waals surface area contributed by atoms with Gasteiger partial charge in [0.15, 0.2) is 0 Å². The molecule has 1 saturated heterocycles. The molecule has 2 fully saturated rings. The van der Waals surface area contributed by atoms with Gasteiger partial charge in [-0.05, 0) is 94.2 Å². The van der Waals surface area contributed by atoms with E-state index < -0.39 is 5.60 Å². The molecule has 3 nitrogen and oxygen atoms in total. The number of halogens is 1. The molecule has 4 heteroatoms. The Hall–Kier alpha value is -0.870. The lowest BCUT2D eigenvalue weighted by Gasteiger charge is -2.24. The van der Waals surface area contributed by atoms with Crippen molar-refractivity contribution in [3.05, 3.63) is 34.9 Å². The molecule has 1 atom stereocenters. The number of rotatable bonds is 7. The van der Waals surface area contributed by atoms with Crippen LogP contribution in [-0.2, 0) is 20.7 Å². The number of benzene rings is 1. The highest BCUT2D eigenvalue weighted by atomic mass is 79.9. The number of aryl methyl sites for hydroxylation is 1. The van der Waals surface area contributed by atoms with E-state index in [0.717, 1.165) is 31.1 Å². The number of hydrogen-bond acceptors (Lipinski definition) is 3. The highest BCUT2D eigenvalue weighted by Crippen LogP contribution is 2.46. The van der Waals surface area contributed by atoms with Gasteiger partial charge >= 0.3 is 5.97 Å². The van der Waals surface area contributed by atoms with Crippen LogP contribution >= 0.6 is 15.9 Å². The Morgan fingerprint density at radius 1 is 1.22 bits per heavy atom. The van der Waals surface area contributed by atoms with Gasteiger partial charge in [0.05, 0.1) is 0 Å². The van der Waals surface area contributed by atoms with Gasteiger partial charge in [-0.3, -0.25) is 4.79 Å². The van der Waals surface area contributed by atoms with Crippen LogP contribution in [0, 0.1) is 5.92 Å². The average molecular weight is 437 g/mol. The fourth-order valence-electron chi connectivity index (χ4n) is 4.04. The number of esters is 1. The molecule has 1 aromatic rings. The van der Waals surface area contributed by atoms with Gasteiger partial charge in [-0.2, -0.15) is 0 Å². The Bertz CT molecular complexity index is 640. The van der Waals surface area contributed by atoms with Crippen molar-refractivity contribution >= 4 is 21.9 Å². The molecule has 0 radical (unpaired) electrons. The van der Waals surface area contributed by atoms with Crippen molar-refractivity contribution < 1.29 is 14.3 Å². The second kappa shape index (κ2) is 9.09. The summed E-state index contributed by atoms with van der Waals surface area (Å²) in [6.45, 7) is 7.60. The quantitative estimate of drug-likeness (QED) is 0.383. The minimum absolute atomic E-state index is 0.191. The van der Waals surface area contributed by atoms with Gasteiger partial charge in [-0.15, -0.1) is 0 Å². The fourth-order valence-corrected chi connectivity index (χ4v) is 4.53. The predicted molar refractivity (Wildman–Crippen MR) is 112 cm³/mol. The molecule has 1 aliphatic carbocycles. The summed E-state index contributed by atoms with van der Waals surface area (Å²) < 4.78 is 11.1. The van der Waals surface area contributed by atoms with Crippen molar-refractivity contribution in [2.45, 2.75) is 82.1 Å². The Balaban J connectivity index is 1.69. The van der Waals surface area contributed by atoms with E-state index in [-0.39, 0.29) is 10.8 Å². The summed E-state index contributed by atoms with van der Waals surface area (Å²) in [5.41, 5.74) is 3.46. The fraction of sp³-hybridized carbons (Fsp3) is 0.696. The summed E-state index contributed by atoms with van der Waals surface area (Å²) in [6.07, 6.45) is 8.48. The second-order valence-corrected chi connectivity index (χ2v) is 9.95. The lowest BCUT2D eigenvalue weighted by atomic mass is 9.89. The third kappa shape index (κ3) is 6.05. The van der Waals surface area contributed by atoms with Crippen LogP contribution in [0.1, 0.15) is 86.7 Å². The summed E-state index contributed by atoms with van der Waals surface area (Å²) in [6, 6.07) is 6.46. The number of alkyl halides is 1. The first-order valence-electron chi connectivity index (χ1n) is 10.4. The van der Waals surface area contributed by atoms with Crippen molar-refractivity contribution in [3.63, 3.8) is 0 Å². The maximum atomic E-state index is 12.6. The molecule has 2 aliphatic rings. The van der Waals surface area contributed by atoms with E-state index in [2.05, 4.69) is 34.1 Å². The molecule has 0 amide bonds. The van der Waals surface area contributed by atoms with Gasteiger partial charge in [0, 0.05) is 13.2 Å². The van der Waals surface area contributed by atoms with Crippen LogP contribution < -0.4 is 0 Å². The standard InChI is InChI=1S/C23H33BrO3/c1-23(2,3)27-22(25)21(24)19-9-5-8-17(20(19)18-10-11-18)7-4-6-16-12-14-26-15-13-16/h5,8-9,16,18,21H,4,6-7,10-15H2,1-3H3. The third-order valence-corrected chi connectivity index (χ3v) is 6.37. The van der Waals surface area contributed by atoms with E-state index in [9.17, 15) is 4.79 Å². The van der Waals surface area contributed by atoms with Crippen LogP contribution in [0.15, 0.2) is 18.2 Å². The van der Waals surface area contributed by atoms with Gasteiger partial charge in [0.1, 0.15) is 10.4 Å². The van der Waals surface area contributed by atoms with Gasteiger partial charge < -0.3 is 9.47 Å². The molecule has 1 unspecified atom stereocenters. The monoisotopic (exact) mass is 436 g/mol. The number of hydrogen-bond donors (Lipinski definition) is 0. The Morgan fingerprint density at radius 3 is 2.56 bits per heavy atom. The number of carbonyl (C=O) groups excluding carboxylic acids is 1. The van der Waals surface area contributed by atoms with Crippen molar-refractivity contribution in [3.8, 4) is 0 Å². The number of carbonyl (C=O) groups is 1. The van der Waals surface area contributed by atoms with E-state index in [4.69, 9.17) is 9.47 Å². The van der Waals surface area contributed by atoms with Crippen molar-refractivity contribution in [2.24, 2.45) is 5.92 Å². The molecule has 1 saturated carbocycles. The van der Waals surface area contributed by atoms with Crippen LogP contribution in [0.2, 0.25) is 0 Å². The molecule has 1 aliphatic heterocycles. The normalized spacial score (nSPS) is 19.7. The van der Waals surface area contributed by atoms with Crippen molar-refractivity contribution in [2.75, 3.05) is 13.2 Å². The molecule has 0 N–H and O–H groups in total. The molecule has 1 aromatic carbocycles. The maximum Gasteiger partial charge on any atom is 0.324 e. The average Bonchev–Trinajstić information content (AvgIpc) is 3.45. The molecule has 0 spiro atoms. The summed E-state index contributed by atoms with van der Waals surface area (Å²) in [5, 5.41) is 0. The lowest BCUT2D eigenvalue weighted by Crippen LogP contribution is -2.26. The topological polar surface area (TPSA) is 35.5 Å². The Labute approximate surface area is 172 Å². The lowest BCUT2D eigenvalue weighted by molar-refractivity contribution is -0.154. The van der Waals surface area contributed by atoms with Crippen molar-refractivity contribution in [1.29, 1.82) is 0 Å². The van der Waals surface area contributed by atoms with Crippen LogP contribution in [0.4, 0.5) is 0 Å². The molecular formula is C23H33BrO3. The first kappa shape index (κ1) is 20.9. The van der Waals surface area contributed by atoms with Crippen LogP contribution in [-0.4, -0.2) is 24.8 Å². The molecular weight excluding hydrogens is 404 g/mol. The van der Waals surface area contributed by atoms with Gasteiger partial charge in [0.2, 0.25) is 0 Å². The summed E-state index contributed by atoms with van der Waals surface area (Å²) >= 11 is 3.63. The van der Waals surface area contributed by atoms with E-state index >= 15 is 0 Å². The Morgan fingerprint density at radius 2 is 1.93 bits per heavy atom. The van der Waals surface area contributed by atoms with Gasteiger partial charge in [-0.1, -0.05) is 34.1 Å². The number of ether oxygens (including phenoxy) is 2. The van der Waals surface area contributed by atoms with Gasteiger partial charge in [0.25, 0.3) is 0 Å². The summed E-state index contributed by atoms with van der Waals surface area (Å²) in [4.78, 5) is 12.2. The van der Waals surface area contributed by atoms with E-state index in [0.29, 0.717) is 5.92 Å². The van der Waals surface area contributed by atoms with Crippen molar-refractivity contribution in [1.82, 2.24) is 0 Å². The summed E-state index contributed by atoms with van der Waals surface area (Å²) in [5.74, 6) is 1.24. The molecule has 150 valence electrons. The smallest absolute Gasteiger partial charge is 0.324 e. The second-order valence-electron chi connectivity index (χ2n) is 9.04. The Kier molecular flexibility index (Phi) is 7.02. The van der Waals surface area contributed by atoms with Crippen LogP contribution in [0.5, 0.6) is 0 Å². The van der Waals surface area contributed by atoms with Crippen LogP contribution in [0.25, 0.3) is 0 Å². The first-order chi connectivity index (χ1) is 12.8. The minimum atomic E-state index is -0.468. The summed E-state index contributed by atoms with van der Waals surface area (Å²) in [7, 11) is 0. The zero-order valence-electron chi connectivity index (χ0n) is 16.9. The molecule has 0 aromatic heterocycles. The maximum absolute atomic E-state index is 12.6. The SMILES string of the molecule is CC(C)(C)OC(=O)C(Br)c1cccc(CCCC2CCOCC2)c1C1CC1. The largest absolute Gasteiger partial charge is 0.459 e. The first-order valence-corrected chi connectivity index (χ1v) is 11.3.